The molecule has 154 valence electrons. The first-order valence-corrected chi connectivity index (χ1v) is 10.9. The third kappa shape index (κ3) is 6.42. The molecular weight excluding hydrogens is 386 g/mol. The first kappa shape index (κ1) is 21.0. The number of carbonyl (C=O) groups is 3. The Bertz CT molecular complexity index is 845. The Labute approximate surface area is 175 Å². The van der Waals surface area contributed by atoms with Gasteiger partial charge in [-0.15, -0.1) is 11.3 Å². The van der Waals surface area contributed by atoms with Crippen molar-refractivity contribution >= 4 is 34.7 Å². The van der Waals surface area contributed by atoms with Crippen molar-refractivity contribution in [2.45, 2.75) is 51.6 Å². The molecule has 0 radical (unpaired) electrons. The first-order chi connectivity index (χ1) is 14.0. The van der Waals surface area contributed by atoms with Gasteiger partial charge in [-0.2, -0.15) is 0 Å². The minimum Gasteiger partial charge on any atom is -0.352 e. The van der Waals surface area contributed by atoms with Crippen LogP contribution >= 0.6 is 11.3 Å². The molecule has 7 heteroatoms. The van der Waals surface area contributed by atoms with Crippen LogP contribution < -0.4 is 16.0 Å². The van der Waals surface area contributed by atoms with Crippen LogP contribution in [-0.4, -0.2) is 17.7 Å². The second-order valence-corrected chi connectivity index (χ2v) is 8.40. The van der Waals surface area contributed by atoms with Gasteiger partial charge in [-0.05, 0) is 42.0 Å². The molecule has 1 saturated carbocycles. The largest absolute Gasteiger partial charge is 0.352 e. The highest BCUT2D eigenvalue weighted by molar-refractivity contribution is 7.10. The number of amides is 3. The lowest BCUT2D eigenvalue weighted by Crippen LogP contribution is -2.32. The molecule has 1 aromatic heterocycles. The number of rotatable bonds is 8. The Morgan fingerprint density at radius 3 is 2.62 bits per heavy atom. The Hall–Kier alpha value is -2.67. The molecule has 0 aliphatic heterocycles. The number of benzene rings is 1. The fraction of sp³-hybridized carbons (Fsp3) is 0.409. The van der Waals surface area contributed by atoms with Crippen LogP contribution in [0.1, 0.15) is 55.5 Å². The second-order valence-electron chi connectivity index (χ2n) is 7.42. The van der Waals surface area contributed by atoms with Crippen molar-refractivity contribution in [3.05, 3.63) is 52.2 Å². The van der Waals surface area contributed by atoms with E-state index in [1.165, 1.54) is 18.3 Å². The summed E-state index contributed by atoms with van der Waals surface area (Å²) in [6.45, 7) is 1.81. The lowest BCUT2D eigenvalue weighted by molar-refractivity contribution is -0.123. The smallest absolute Gasteiger partial charge is 0.227 e. The van der Waals surface area contributed by atoms with Gasteiger partial charge < -0.3 is 16.0 Å². The van der Waals surface area contributed by atoms with E-state index in [0.717, 1.165) is 41.8 Å². The minimum atomic E-state index is -0.329. The lowest BCUT2D eigenvalue weighted by atomic mass is 10.1. The molecule has 29 heavy (non-hydrogen) atoms. The number of nitrogens with one attached hydrogen (secondary N) is 3. The van der Waals surface area contributed by atoms with E-state index < -0.39 is 0 Å². The van der Waals surface area contributed by atoms with Crippen LogP contribution in [0.25, 0.3) is 0 Å². The van der Waals surface area contributed by atoms with Gasteiger partial charge in [-0.1, -0.05) is 31.0 Å². The summed E-state index contributed by atoms with van der Waals surface area (Å²) in [5, 5.41) is 10.6. The summed E-state index contributed by atoms with van der Waals surface area (Å²) in [5.41, 5.74) is 1.66. The van der Waals surface area contributed by atoms with E-state index in [-0.39, 0.29) is 36.1 Å². The summed E-state index contributed by atoms with van der Waals surface area (Å²) < 4.78 is 0. The highest BCUT2D eigenvalue weighted by Crippen LogP contribution is 2.26. The van der Waals surface area contributed by atoms with E-state index in [9.17, 15) is 14.4 Å². The number of hydrogen-bond donors (Lipinski definition) is 3. The molecule has 1 heterocycles. The SMILES string of the molecule is CC(=O)NC(CC(=O)NCc1cccc(NC(=O)C2CCCC2)c1)c1cccs1. The molecule has 6 nitrogen and oxygen atoms in total. The van der Waals surface area contributed by atoms with Crippen LogP contribution in [0.2, 0.25) is 0 Å². The standard InChI is InChI=1S/C22H27N3O3S/c1-15(26)24-19(20-10-5-11-29-20)13-21(27)23-14-16-6-4-9-18(12-16)25-22(28)17-7-2-3-8-17/h4-6,9-12,17,19H,2-3,7-8,13-14H2,1H3,(H,23,27)(H,24,26)(H,25,28). The van der Waals surface area contributed by atoms with E-state index in [2.05, 4.69) is 16.0 Å². The van der Waals surface area contributed by atoms with E-state index in [1.54, 1.807) is 0 Å². The molecule has 1 atom stereocenters. The van der Waals surface area contributed by atoms with Crippen molar-refractivity contribution in [3.63, 3.8) is 0 Å². The quantitative estimate of drug-likeness (QED) is 0.616. The van der Waals surface area contributed by atoms with Crippen LogP contribution in [0, 0.1) is 5.92 Å². The van der Waals surface area contributed by atoms with Gasteiger partial charge >= 0.3 is 0 Å². The number of thiophene rings is 1. The van der Waals surface area contributed by atoms with Gasteiger partial charge in [0.05, 0.1) is 12.5 Å². The van der Waals surface area contributed by atoms with Crippen molar-refractivity contribution in [2.24, 2.45) is 5.92 Å². The van der Waals surface area contributed by atoms with E-state index in [4.69, 9.17) is 0 Å². The van der Waals surface area contributed by atoms with Gasteiger partial charge in [-0.25, -0.2) is 0 Å². The Balaban J connectivity index is 1.52. The highest BCUT2D eigenvalue weighted by atomic mass is 32.1. The summed E-state index contributed by atoms with van der Waals surface area (Å²) in [4.78, 5) is 37.1. The monoisotopic (exact) mass is 413 g/mol. The highest BCUT2D eigenvalue weighted by Gasteiger charge is 2.22. The zero-order valence-corrected chi connectivity index (χ0v) is 17.4. The van der Waals surface area contributed by atoms with Gasteiger partial charge in [0.15, 0.2) is 0 Å². The number of carbonyl (C=O) groups excluding carboxylic acids is 3. The maximum absolute atomic E-state index is 12.4. The van der Waals surface area contributed by atoms with E-state index in [1.807, 2.05) is 41.8 Å². The van der Waals surface area contributed by atoms with E-state index in [0.29, 0.717) is 6.54 Å². The van der Waals surface area contributed by atoms with Crippen molar-refractivity contribution in [2.75, 3.05) is 5.32 Å². The van der Waals surface area contributed by atoms with Gasteiger partial charge in [-0.3, -0.25) is 14.4 Å². The Kier molecular flexibility index (Phi) is 7.41. The summed E-state index contributed by atoms with van der Waals surface area (Å²) in [7, 11) is 0. The first-order valence-electron chi connectivity index (χ1n) is 9.98. The maximum atomic E-state index is 12.4. The number of hydrogen-bond acceptors (Lipinski definition) is 4. The topological polar surface area (TPSA) is 87.3 Å². The molecule has 0 bridgehead atoms. The second kappa shape index (κ2) is 10.2. The fourth-order valence-electron chi connectivity index (χ4n) is 3.61. The molecule has 1 fully saturated rings. The average molecular weight is 414 g/mol. The van der Waals surface area contributed by atoms with Gasteiger partial charge in [0.25, 0.3) is 0 Å². The third-order valence-corrected chi connectivity index (χ3v) is 6.05. The summed E-state index contributed by atoms with van der Waals surface area (Å²) >= 11 is 1.51. The Morgan fingerprint density at radius 1 is 1.14 bits per heavy atom. The van der Waals surface area contributed by atoms with Crippen molar-refractivity contribution in [3.8, 4) is 0 Å². The molecule has 1 aromatic carbocycles. The van der Waals surface area contributed by atoms with Crippen LogP contribution in [0.4, 0.5) is 5.69 Å². The van der Waals surface area contributed by atoms with Crippen molar-refractivity contribution in [1.29, 1.82) is 0 Å². The average Bonchev–Trinajstić information content (AvgIpc) is 3.39. The zero-order valence-electron chi connectivity index (χ0n) is 16.6. The summed E-state index contributed by atoms with van der Waals surface area (Å²) in [5.74, 6) is -0.112. The van der Waals surface area contributed by atoms with Crippen LogP contribution in [0.5, 0.6) is 0 Å². The predicted octanol–water partition coefficient (Wildman–Crippen LogP) is 3.76. The van der Waals surface area contributed by atoms with Crippen LogP contribution in [-0.2, 0) is 20.9 Å². The van der Waals surface area contributed by atoms with Crippen LogP contribution in [0.15, 0.2) is 41.8 Å². The molecule has 3 N–H and O–H groups in total. The van der Waals surface area contributed by atoms with E-state index >= 15 is 0 Å². The van der Waals surface area contributed by atoms with Gasteiger partial charge in [0.1, 0.15) is 0 Å². The molecule has 0 spiro atoms. The lowest BCUT2D eigenvalue weighted by Gasteiger charge is -2.16. The minimum absolute atomic E-state index is 0.0813. The summed E-state index contributed by atoms with van der Waals surface area (Å²) in [6, 6.07) is 11.0. The normalized spacial score (nSPS) is 14.9. The molecule has 0 saturated heterocycles. The molecule has 1 aliphatic rings. The van der Waals surface area contributed by atoms with Crippen LogP contribution in [0.3, 0.4) is 0 Å². The van der Waals surface area contributed by atoms with Gasteiger partial charge in [0, 0.05) is 30.0 Å². The van der Waals surface area contributed by atoms with Crippen molar-refractivity contribution in [1.82, 2.24) is 10.6 Å². The molecule has 2 aromatic rings. The zero-order chi connectivity index (χ0) is 20.6. The fourth-order valence-corrected chi connectivity index (χ4v) is 4.39. The predicted molar refractivity (Wildman–Crippen MR) is 114 cm³/mol. The summed E-state index contributed by atoms with van der Waals surface area (Å²) in [6.07, 6.45) is 4.34. The number of anilines is 1. The molecular formula is C22H27N3O3S. The third-order valence-electron chi connectivity index (χ3n) is 5.06. The maximum Gasteiger partial charge on any atom is 0.227 e. The molecule has 1 unspecified atom stereocenters. The molecule has 1 aliphatic carbocycles. The molecule has 3 amide bonds. The van der Waals surface area contributed by atoms with Crippen molar-refractivity contribution < 1.29 is 14.4 Å². The Morgan fingerprint density at radius 2 is 1.93 bits per heavy atom. The van der Waals surface area contributed by atoms with Gasteiger partial charge in [0.2, 0.25) is 17.7 Å². The molecule has 3 rings (SSSR count).